The number of nitriles is 1. The maximum absolute atomic E-state index is 11.7. The number of aromatic nitrogens is 1. The predicted octanol–water partition coefficient (Wildman–Crippen LogP) is 0.746. The van der Waals surface area contributed by atoms with Gasteiger partial charge < -0.3 is 9.67 Å². The van der Waals surface area contributed by atoms with E-state index in [2.05, 4.69) is 0 Å². The topological polar surface area (TPSA) is 83.1 Å². The zero-order chi connectivity index (χ0) is 11.6. The van der Waals surface area contributed by atoms with E-state index in [1.807, 2.05) is 0 Å². The Kier molecular flexibility index (Phi) is 2.90. The number of nitrogens with zero attached hydrogens (tertiary/aromatic N) is 2. The molecular formula is C10H10N2O3. The zero-order valence-electron chi connectivity index (χ0n) is 8.44. The van der Waals surface area contributed by atoms with Crippen LogP contribution in [0, 0.1) is 18.3 Å². The average Bonchev–Trinajstić information content (AvgIpc) is 2.17. The Bertz CT molecular complexity index is 509. The van der Waals surface area contributed by atoms with Gasteiger partial charge in [-0.1, -0.05) is 0 Å². The number of pyridine rings is 1. The number of aromatic carboxylic acids is 1. The van der Waals surface area contributed by atoms with Crippen molar-refractivity contribution in [3.05, 3.63) is 33.2 Å². The van der Waals surface area contributed by atoms with Crippen LogP contribution in [0.3, 0.4) is 0 Å². The molecule has 0 fully saturated rings. The van der Waals surface area contributed by atoms with Crippen LogP contribution in [0.25, 0.3) is 0 Å². The minimum Gasteiger partial charge on any atom is -0.478 e. The molecule has 5 heteroatoms. The monoisotopic (exact) mass is 206 g/mol. The van der Waals surface area contributed by atoms with Gasteiger partial charge >= 0.3 is 5.97 Å². The SMILES string of the molecule is CCn1c(C)cc(C(=O)O)c(C#N)c1=O. The van der Waals surface area contributed by atoms with Crippen molar-refractivity contribution >= 4 is 5.97 Å². The van der Waals surface area contributed by atoms with Crippen molar-refractivity contribution in [2.75, 3.05) is 0 Å². The van der Waals surface area contributed by atoms with Gasteiger partial charge in [-0.25, -0.2) is 4.79 Å². The van der Waals surface area contributed by atoms with Gasteiger partial charge in [-0.05, 0) is 19.9 Å². The van der Waals surface area contributed by atoms with Crippen LogP contribution in [0.2, 0.25) is 0 Å². The summed E-state index contributed by atoms with van der Waals surface area (Å²) in [5.74, 6) is -1.25. The third-order valence-corrected chi connectivity index (χ3v) is 2.17. The highest BCUT2D eigenvalue weighted by molar-refractivity contribution is 5.90. The lowest BCUT2D eigenvalue weighted by Crippen LogP contribution is -2.26. The van der Waals surface area contributed by atoms with E-state index in [0.717, 1.165) is 0 Å². The van der Waals surface area contributed by atoms with Crippen molar-refractivity contribution in [3.8, 4) is 6.07 Å². The van der Waals surface area contributed by atoms with Crippen LogP contribution in [0.5, 0.6) is 0 Å². The highest BCUT2D eigenvalue weighted by Gasteiger charge is 2.16. The second kappa shape index (κ2) is 3.96. The molecule has 0 unspecified atom stereocenters. The molecule has 78 valence electrons. The molecule has 1 rings (SSSR count). The molecule has 0 spiro atoms. The standard InChI is InChI=1S/C10H10N2O3/c1-3-12-6(2)4-7(10(14)15)8(5-11)9(12)13/h4H,3H2,1-2H3,(H,14,15). The molecule has 1 aromatic heterocycles. The number of carboxylic acid groups (broad SMARTS) is 1. The van der Waals surface area contributed by atoms with Gasteiger partial charge in [0.25, 0.3) is 5.56 Å². The number of rotatable bonds is 2. The number of aryl methyl sites for hydroxylation is 1. The summed E-state index contributed by atoms with van der Waals surface area (Å²) in [6.45, 7) is 3.81. The van der Waals surface area contributed by atoms with Crippen LogP contribution in [0.15, 0.2) is 10.9 Å². The third kappa shape index (κ3) is 1.74. The van der Waals surface area contributed by atoms with Crippen LogP contribution in [0.1, 0.15) is 28.5 Å². The molecule has 0 aromatic carbocycles. The summed E-state index contributed by atoms with van der Waals surface area (Å²) in [5, 5.41) is 17.5. The molecule has 5 nitrogen and oxygen atoms in total. The van der Waals surface area contributed by atoms with E-state index in [1.165, 1.54) is 10.6 Å². The molecule has 0 bridgehead atoms. The van der Waals surface area contributed by atoms with Crippen LogP contribution < -0.4 is 5.56 Å². The maximum atomic E-state index is 11.7. The average molecular weight is 206 g/mol. The lowest BCUT2D eigenvalue weighted by molar-refractivity contribution is 0.0696. The predicted molar refractivity (Wildman–Crippen MR) is 52.8 cm³/mol. The summed E-state index contributed by atoms with van der Waals surface area (Å²) in [7, 11) is 0. The molecule has 0 saturated carbocycles. The van der Waals surface area contributed by atoms with Gasteiger partial charge in [0.05, 0.1) is 5.56 Å². The second-order valence-electron chi connectivity index (χ2n) is 3.04. The number of hydrogen-bond acceptors (Lipinski definition) is 3. The minimum atomic E-state index is -1.25. The molecule has 15 heavy (non-hydrogen) atoms. The van der Waals surface area contributed by atoms with Gasteiger partial charge in [0, 0.05) is 12.2 Å². The molecule has 0 radical (unpaired) electrons. The number of hydrogen-bond donors (Lipinski definition) is 1. The van der Waals surface area contributed by atoms with E-state index in [9.17, 15) is 9.59 Å². The Morgan fingerprint density at radius 3 is 2.67 bits per heavy atom. The first-order valence-corrected chi connectivity index (χ1v) is 4.40. The molecule has 1 aromatic rings. The van der Waals surface area contributed by atoms with E-state index in [-0.39, 0.29) is 11.1 Å². The molecule has 1 N–H and O–H groups in total. The summed E-state index contributed by atoms with van der Waals surface area (Å²) in [6.07, 6.45) is 0. The minimum absolute atomic E-state index is 0.232. The van der Waals surface area contributed by atoms with Gasteiger partial charge in [-0.3, -0.25) is 4.79 Å². The van der Waals surface area contributed by atoms with Gasteiger partial charge in [0.15, 0.2) is 0 Å². The van der Waals surface area contributed by atoms with E-state index in [1.54, 1.807) is 19.9 Å². The van der Waals surface area contributed by atoms with E-state index in [0.29, 0.717) is 12.2 Å². The maximum Gasteiger partial charge on any atom is 0.337 e. The molecule has 0 saturated heterocycles. The summed E-state index contributed by atoms with van der Waals surface area (Å²) in [4.78, 5) is 22.4. The lowest BCUT2D eigenvalue weighted by Gasteiger charge is -2.08. The quantitative estimate of drug-likeness (QED) is 0.773. The van der Waals surface area contributed by atoms with Crippen LogP contribution in [-0.2, 0) is 6.54 Å². The van der Waals surface area contributed by atoms with Crippen molar-refractivity contribution in [1.29, 1.82) is 5.26 Å². The molecule has 0 aliphatic heterocycles. The van der Waals surface area contributed by atoms with E-state index < -0.39 is 11.5 Å². The van der Waals surface area contributed by atoms with Crippen molar-refractivity contribution in [2.45, 2.75) is 20.4 Å². The molecule has 0 amide bonds. The smallest absolute Gasteiger partial charge is 0.337 e. The van der Waals surface area contributed by atoms with Crippen LogP contribution >= 0.6 is 0 Å². The summed E-state index contributed by atoms with van der Waals surface area (Å²) in [6, 6.07) is 2.97. The first kappa shape index (κ1) is 11.0. The largest absolute Gasteiger partial charge is 0.478 e. The summed E-state index contributed by atoms with van der Waals surface area (Å²) >= 11 is 0. The lowest BCUT2D eigenvalue weighted by atomic mass is 10.1. The van der Waals surface area contributed by atoms with E-state index in [4.69, 9.17) is 10.4 Å². The van der Waals surface area contributed by atoms with Crippen molar-refractivity contribution in [2.24, 2.45) is 0 Å². The highest BCUT2D eigenvalue weighted by atomic mass is 16.4. The fourth-order valence-electron chi connectivity index (χ4n) is 1.44. The molecule has 0 aliphatic carbocycles. The highest BCUT2D eigenvalue weighted by Crippen LogP contribution is 2.06. The summed E-state index contributed by atoms with van der Waals surface area (Å²) < 4.78 is 1.37. The van der Waals surface area contributed by atoms with Crippen molar-refractivity contribution in [1.82, 2.24) is 4.57 Å². The van der Waals surface area contributed by atoms with Crippen LogP contribution in [0.4, 0.5) is 0 Å². The Hall–Kier alpha value is -2.09. The molecule has 0 atom stereocenters. The summed E-state index contributed by atoms with van der Waals surface area (Å²) in [5.41, 5.74) is -0.545. The molecule has 0 aliphatic rings. The molecular weight excluding hydrogens is 196 g/mol. The fraction of sp³-hybridized carbons (Fsp3) is 0.300. The Morgan fingerprint density at radius 1 is 1.67 bits per heavy atom. The van der Waals surface area contributed by atoms with E-state index >= 15 is 0 Å². The third-order valence-electron chi connectivity index (χ3n) is 2.17. The van der Waals surface area contributed by atoms with Gasteiger partial charge in [0.2, 0.25) is 0 Å². The molecule has 1 heterocycles. The first-order chi connectivity index (χ1) is 7.02. The van der Waals surface area contributed by atoms with Gasteiger partial charge in [-0.2, -0.15) is 5.26 Å². The first-order valence-electron chi connectivity index (χ1n) is 4.40. The second-order valence-corrected chi connectivity index (χ2v) is 3.04. The Labute approximate surface area is 86.2 Å². The van der Waals surface area contributed by atoms with Gasteiger partial charge in [-0.15, -0.1) is 0 Å². The Balaban J connectivity index is 3.69. The fourth-order valence-corrected chi connectivity index (χ4v) is 1.44. The van der Waals surface area contributed by atoms with Crippen molar-refractivity contribution in [3.63, 3.8) is 0 Å². The number of carboxylic acids is 1. The van der Waals surface area contributed by atoms with Gasteiger partial charge in [0.1, 0.15) is 11.6 Å². The Morgan fingerprint density at radius 2 is 2.27 bits per heavy atom. The zero-order valence-corrected chi connectivity index (χ0v) is 8.44. The number of carbonyl (C=O) groups is 1. The normalized spacial score (nSPS) is 9.67. The van der Waals surface area contributed by atoms with Crippen LogP contribution in [-0.4, -0.2) is 15.6 Å². The van der Waals surface area contributed by atoms with Crippen molar-refractivity contribution < 1.29 is 9.90 Å².